The van der Waals surface area contributed by atoms with E-state index in [0.29, 0.717) is 17.3 Å². The summed E-state index contributed by atoms with van der Waals surface area (Å²) in [5.41, 5.74) is 1.60. The van der Waals surface area contributed by atoms with Crippen LogP contribution in [0.25, 0.3) is 0 Å². The molecule has 7 heteroatoms. The number of carbonyl (C=O) groups is 1. The van der Waals surface area contributed by atoms with Gasteiger partial charge in [0.2, 0.25) is 5.76 Å². The maximum atomic E-state index is 10.9. The van der Waals surface area contributed by atoms with Gasteiger partial charge < -0.3 is 23.7 Å². The van der Waals surface area contributed by atoms with Crippen LogP contribution in [0.15, 0.2) is 64.0 Å². The maximum absolute atomic E-state index is 10.9. The number of methoxy groups -OCH3 is 2. The molecule has 0 bridgehead atoms. The molecule has 3 rings (SSSR count). The number of aromatic carboxylic acids is 1. The molecular weight excluding hydrogens is 362 g/mol. The smallest absolute Gasteiger partial charge is 0.371 e. The number of hydrogen-bond acceptors (Lipinski definition) is 6. The van der Waals surface area contributed by atoms with Gasteiger partial charge in [-0.2, -0.15) is 0 Å². The van der Waals surface area contributed by atoms with Gasteiger partial charge in [0.05, 0.1) is 19.9 Å². The fourth-order valence-corrected chi connectivity index (χ4v) is 2.44. The molecule has 0 atom stereocenters. The molecule has 0 saturated carbocycles. The first kappa shape index (κ1) is 19.0. The number of carboxylic acid groups (broad SMARTS) is 1. The fourth-order valence-electron chi connectivity index (χ4n) is 2.44. The van der Waals surface area contributed by atoms with Crippen molar-refractivity contribution in [2.75, 3.05) is 14.2 Å². The van der Waals surface area contributed by atoms with Crippen molar-refractivity contribution in [2.45, 2.75) is 6.61 Å². The standard InChI is InChI=1S/C21H19NO6/c1-25-16-5-3-4-15(11-16)22-12-14-6-8-18(20(10-14)26-2)27-13-17-7-9-19(28-17)21(23)24/h3-12H,13H2,1-2H3,(H,23,24). The first-order chi connectivity index (χ1) is 13.6. The monoisotopic (exact) mass is 381 g/mol. The van der Waals surface area contributed by atoms with Crippen LogP contribution in [0.4, 0.5) is 5.69 Å². The van der Waals surface area contributed by atoms with Gasteiger partial charge in [-0.1, -0.05) is 6.07 Å². The third-order valence-electron chi connectivity index (χ3n) is 3.85. The lowest BCUT2D eigenvalue weighted by atomic mass is 10.2. The van der Waals surface area contributed by atoms with Crippen molar-refractivity contribution in [3.05, 3.63) is 71.7 Å². The van der Waals surface area contributed by atoms with Crippen LogP contribution in [-0.4, -0.2) is 31.5 Å². The van der Waals surface area contributed by atoms with Gasteiger partial charge >= 0.3 is 5.97 Å². The summed E-state index contributed by atoms with van der Waals surface area (Å²) in [5.74, 6) is 0.926. The Morgan fingerprint density at radius 3 is 2.64 bits per heavy atom. The zero-order valence-electron chi connectivity index (χ0n) is 15.4. The summed E-state index contributed by atoms with van der Waals surface area (Å²) in [4.78, 5) is 15.3. The van der Waals surface area contributed by atoms with Gasteiger partial charge in [0.1, 0.15) is 18.1 Å². The molecule has 0 aliphatic carbocycles. The van der Waals surface area contributed by atoms with Gasteiger partial charge in [-0.25, -0.2) is 4.79 Å². The summed E-state index contributed by atoms with van der Waals surface area (Å²) in [6, 6.07) is 15.8. The average Bonchev–Trinajstić information content (AvgIpc) is 3.20. The summed E-state index contributed by atoms with van der Waals surface area (Å²) in [5, 5.41) is 8.88. The molecule has 0 amide bonds. The van der Waals surface area contributed by atoms with E-state index < -0.39 is 5.97 Å². The number of aliphatic imine (C=N–C) groups is 1. The first-order valence-corrected chi connectivity index (χ1v) is 8.40. The molecule has 0 aliphatic heterocycles. The van der Waals surface area contributed by atoms with Crippen molar-refractivity contribution in [3.63, 3.8) is 0 Å². The summed E-state index contributed by atoms with van der Waals surface area (Å²) >= 11 is 0. The molecule has 1 N–H and O–H groups in total. The van der Waals surface area contributed by atoms with E-state index in [9.17, 15) is 4.79 Å². The molecule has 0 saturated heterocycles. The molecule has 0 spiro atoms. The zero-order chi connectivity index (χ0) is 19.9. The Labute approximate surface area is 161 Å². The number of rotatable bonds is 8. The van der Waals surface area contributed by atoms with Crippen molar-refractivity contribution in [2.24, 2.45) is 4.99 Å². The number of hydrogen-bond donors (Lipinski definition) is 1. The molecular formula is C21H19NO6. The van der Waals surface area contributed by atoms with E-state index in [4.69, 9.17) is 23.7 Å². The molecule has 0 unspecified atom stereocenters. The molecule has 0 radical (unpaired) electrons. The SMILES string of the molecule is COc1cccc(N=Cc2ccc(OCc3ccc(C(=O)O)o3)c(OC)c2)c1. The number of ether oxygens (including phenoxy) is 3. The quantitative estimate of drug-likeness (QED) is 0.584. The Kier molecular flexibility index (Phi) is 5.96. The predicted octanol–water partition coefficient (Wildman–Crippen LogP) is 4.32. The van der Waals surface area contributed by atoms with Crippen molar-refractivity contribution < 1.29 is 28.5 Å². The highest BCUT2D eigenvalue weighted by atomic mass is 16.5. The molecule has 1 heterocycles. The average molecular weight is 381 g/mol. The van der Waals surface area contributed by atoms with Crippen LogP contribution in [0, 0.1) is 0 Å². The van der Waals surface area contributed by atoms with Gasteiger partial charge in [-0.3, -0.25) is 4.99 Å². The highest BCUT2D eigenvalue weighted by Crippen LogP contribution is 2.29. The van der Waals surface area contributed by atoms with Crippen LogP contribution in [0.1, 0.15) is 21.9 Å². The van der Waals surface area contributed by atoms with Crippen LogP contribution in [0.5, 0.6) is 17.2 Å². The van der Waals surface area contributed by atoms with Crippen LogP contribution in [0.2, 0.25) is 0 Å². The van der Waals surface area contributed by atoms with Crippen LogP contribution < -0.4 is 14.2 Å². The lowest BCUT2D eigenvalue weighted by Crippen LogP contribution is -1.98. The van der Waals surface area contributed by atoms with Crippen LogP contribution in [-0.2, 0) is 6.61 Å². The molecule has 28 heavy (non-hydrogen) atoms. The van der Waals surface area contributed by atoms with Crippen molar-refractivity contribution in [1.29, 1.82) is 0 Å². The first-order valence-electron chi connectivity index (χ1n) is 8.40. The lowest BCUT2D eigenvalue weighted by molar-refractivity contribution is 0.0658. The second kappa shape index (κ2) is 8.77. The van der Waals surface area contributed by atoms with Gasteiger partial charge in [0, 0.05) is 12.3 Å². The number of furan rings is 1. The van der Waals surface area contributed by atoms with Crippen LogP contribution >= 0.6 is 0 Å². The number of nitrogens with zero attached hydrogens (tertiary/aromatic N) is 1. The van der Waals surface area contributed by atoms with Crippen molar-refractivity contribution in [3.8, 4) is 17.2 Å². The summed E-state index contributed by atoms with van der Waals surface area (Å²) < 4.78 is 21.4. The summed E-state index contributed by atoms with van der Waals surface area (Å²) in [6.45, 7) is 0.0842. The minimum atomic E-state index is -1.12. The summed E-state index contributed by atoms with van der Waals surface area (Å²) in [6.07, 6.45) is 1.72. The molecule has 0 aliphatic rings. The number of carboxylic acids is 1. The van der Waals surface area contributed by atoms with Crippen molar-refractivity contribution in [1.82, 2.24) is 0 Å². The molecule has 1 aromatic heterocycles. The third kappa shape index (κ3) is 4.70. The number of benzene rings is 2. The van der Waals surface area contributed by atoms with Crippen molar-refractivity contribution >= 4 is 17.9 Å². The molecule has 2 aromatic carbocycles. The minimum Gasteiger partial charge on any atom is -0.497 e. The van der Waals surface area contributed by atoms with E-state index in [1.165, 1.54) is 6.07 Å². The van der Waals surface area contributed by atoms with E-state index in [1.54, 1.807) is 38.6 Å². The Balaban J connectivity index is 1.70. The normalized spacial score (nSPS) is 10.8. The van der Waals surface area contributed by atoms with Gasteiger partial charge in [-0.05, 0) is 48.0 Å². The Bertz CT molecular complexity index is 992. The Hall–Kier alpha value is -3.74. The second-order valence-corrected chi connectivity index (χ2v) is 5.73. The molecule has 3 aromatic rings. The summed E-state index contributed by atoms with van der Waals surface area (Å²) in [7, 11) is 3.15. The lowest BCUT2D eigenvalue weighted by Gasteiger charge is -2.10. The van der Waals surface area contributed by atoms with E-state index in [-0.39, 0.29) is 12.4 Å². The third-order valence-corrected chi connectivity index (χ3v) is 3.85. The highest BCUT2D eigenvalue weighted by Gasteiger charge is 2.11. The van der Waals surface area contributed by atoms with Crippen LogP contribution in [0.3, 0.4) is 0 Å². The maximum Gasteiger partial charge on any atom is 0.371 e. The second-order valence-electron chi connectivity index (χ2n) is 5.73. The molecule has 0 fully saturated rings. The minimum absolute atomic E-state index is 0.0842. The zero-order valence-corrected chi connectivity index (χ0v) is 15.4. The van der Waals surface area contributed by atoms with E-state index >= 15 is 0 Å². The largest absolute Gasteiger partial charge is 0.497 e. The van der Waals surface area contributed by atoms with E-state index in [1.807, 2.05) is 30.3 Å². The van der Waals surface area contributed by atoms with Gasteiger partial charge in [0.25, 0.3) is 0 Å². The highest BCUT2D eigenvalue weighted by molar-refractivity contribution is 5.84. The van der Waals surface area contributed by atoms with Gasteiger partial charge in [0.15, 0.2) is 11.5 Å². The fraction of sp³-hybridized carbons (Fsp3) is 0.143. The van der Waals surface area contributed by atoms with Gasteiger partial charge in [-0.15, -0.1) is 0 Å². The molecule has 144 valence electrons. The van der Waals surface area contributed by atoms with E-state index in [0.717, 1.165) is 17.0 Å². The van der Waals surface area contributed by atoms with E-state index in [2.05, 4.69) is 4.99 Å². The molecule has 7 nitrogen and oxygen atoms in total. The Morgan fingerprint density at radius 2 is 1.93 bits per heavy atom. The Morgan fingerprint density at radius 1 is 1.07 bits per heavy atom. The predicted molar refractivity (Wildman–Crippen MR) is 103 cm³/mol. The topological polar surface area (TPSA) is 90.5 Å².